The summed E-state index contributed by atoms with van der Waals surface area (Å²) < 4.78 is 0. The molecule has 0 aromatic carbocycles. The molecule has 0 aromatic rings. The molecular weight excluding hydrogens is 196 g/mol. The third-order valence-corrected chi connectivity index (χ3v) is 3.64. The summed E-state index contributed by atoms with van der Waals surface area (Å²) in [5.41, 5.74) is 0. The van der Waals surface area contributed by atoms with Crippen LogP contribution < -0.4 is 5.32 Å². The van der Waals surface area contributed by atoms with Gasteiger partial charge in [-0.3, -0.25) is 4.90 Å². The number of rotatable bonds is 5. The summed E-state index contributed by atoms with van der Waals surface area (Å²) in [5.74, 6) is 0. The first-order chi connectivity index (χ1) is 6.74. The lowest BCUT2D eigenvalue weighted by molar-refractivity contribution is 0.174. The van der Waals surface area contributed by atoms with Crippen LogP contribution in [0.5, 0.6) is 0 Å². The molecule has 1 fully saturated rings. The van der Waals surface area contributed by atoms with Crippen LogP contribution in [0.4, 0.5) is 0 Å². The molecule has 1 saturated heterocycles. The van der Waals surface area contributed by atoms with Gasteiger partial charge in [0.1, 0.15) is 0 Å². The van der Waals surface area contributed by atoms with Crippen LogP contribution in [0.3, 0.4) is 0 Å². The van der Waals surface area contributed by atoms with Gasteiger partial charge in [-0.05, 0) is 26.2 Å². The van der Waals surface area contributed by atoms with Crippen LogP contribution in [0.25, 0.3) is 0 Å². The number of nitrogens with one attached hydrogen (secondary N) is 1. The van der Waals surface area contributed by atoms with Crippen molar-refractivity contribution in [3.63, 3.8) is 0 Å². The van der Waals surface area contributed by atoms with Gasteiger partial charge < -0.3 is 5.32 Å². The van der Waals surface area contributed by atoms with Crippen molar-refractivity contribution in [1.29, 1.82) is 0 Å². The third kappa shape index (κ3) is 4.16. The molecule has 0 spiro atoms. The Balaban J connectivity index is 2.16. The Hall–Kier alpha value is 0.210. The molecule has 1 aliphatic heterocycles. The number of alkyl halides is 1. The normalized spacial score (nSPS) is 23.4. The first-order valence-corrected chi connectivity index (χ1v) is 6.26. The van der Waals surface area contributed by atoms with Crippen molar-refractivity contribution in [3.05, 3.63) is 0 Å². The van der Waals surface area contributed by atoms with Crippen molar-refractivity contribution in [2.24, 2.45) is 0 Å². The summed E-state index contributed by atoms with van der Waals surface area (Å²) in [4.78, 5) is 2.57. The zero-order valence-corrected chi connectivity index (χ0v) is 10.2. The van der Waals surface area contributed by atoms with Crippen LogP contribution in [-0.2, 0) is 0 Å². The van der Waals surface area contributed by atoms with Gasteiger partial charge in [0.2, 0.25) is 0 Å². The highest BCUT2D eigenvalue weighted by Gasteiger charge is 2.16. The Morgan fingerprint density at radius 2 is 1.93 bits per heavy atom. The minimum absolute atomic E-state index is 0.375. The summed E-state index contributed by atoms with van der Waals surface area (Å²) in [6, 6.07) is 0.699. The lowest BCUT2D eigenvalue weighted by Gasteiger charge is -2.33. The molecule has 1 heterocycles. The minimum atomic E-state index is 0.375. The van der Waals surface area contributed by atoms with Gasteiger partial charge in [0.05, 0.1) is 0 Å². The average molecular weight is 219 g/mol. The predicted octanol–water partition coefficient (Wildman–Crippen LogP) is 2.08. The molecule has 1 aliphatic rings. The van der Waals surface area contributed by atoms with Gasteiger partial charge in [0.25, 0.3) is 0 Å². The molecule has 0 amide bonds. The van der Waals surface area contributed by atoms with Crippen molar-refractivity contribution in [3.8, 4) is 0 Å². The van der Waals surface area contributed by atoms with Gasteiger partial charge in [-0.1, -0.05) is 6.92 Å². The predicted molar refractivity (Wildman–Crippen MR) is 63.1 cm³/mol. The Bertz CT molecular complexity index is 146. The fraction of sp³-hybridized carbons (Fsp3) is 1.00. The molecule has 0 saturated carbocycles. The monoisotopic (exact) mass is 218 g/mol. The Morgan fingerprint density at radius 1 is 1.29 bits per heavy atom. The Kier molecular flexibility index (Phi) is 5.83. The standard InChI is InChI=1S/C11H23ClN2/c1-3-11(12)5-4-10(2)14-8-6-13-7-9-14/h10-11,13H,3-9H2,1-2H3. The van der Waals surface area contributed by atoms with Crippen LogP contribution in [0.15, 0.2) is 0 Å². The van der Waals surface area contributed by atoms with Crippen molar-refractivity contribution >= 4 is 11.6 Å². The second-order valence-corrected chi connectivity index (χ2v) is 4.84. The molecule has 2 nitrogen and oxygen atoms in total. The number of hydrogen-bond acceptors (Lipinski definition) is 2. The molecule has 14 heavy (non-hydrogen) atoms. The van der Waals surface area contributed by atoms with Gasteiger partial charge >= 0.3 is 0 Å². The zero-order valence-electron chi connectivity index (χ0n) is 9.43. The maximum Gasteiger partial charge on any atom is 0.0334 e. The van der Waals surface area contributed by atoms with E-state index in [2.05, 4.69) is 24.1 Å². The molecule has 1 rings (SSSR count). The van der Waals surface area contributed by atoms with E-state index >= 15 is 0 Å². The van der Waals surface area contributed by atoms with E-state index in [9.17, 15) is 0 Å². The van der Waals surface area contributed by atoms with E-state index in [1.165, 1.54) is 19.5 Å². The fourth-order valence-corrected chi connectivity index (χ4v) is 2.06. The van der Waals surface area contributed by atoms with Crippen molar-refractivity contribution in [2.75, 3.05) is 26.2 Å². The quantitative estimate of drug-likeness (QED) is 0.711. The maximum atomic E-state index is 6.12. The van der Waals surface area contributed by atoms with Crippen LogP contribution in [-0.4, -0.2) is 42.5 Å². The van der Waals surface area contributed by atoms with Crippen LogP contribution in [0, 0.1) is 0 Å². The summed E-state index contributed by atoms with van der Waals surface area (Å²) in [7, 11) is 0. The second kappa shape index (κ2) is 6.65. The summed E-state index contributed by atoms with van der Waals surface area (Å²) >= 11 is 6.12. The highest BCUT2D eigenvalue weighted by molar-refractivity contribution is 6.20. The van der Waals surface area contributed by atoms with E-state index in [-0.39, 0.29) is 0 Å². The third-order valence-electron chi connectivity index (χ3n) is 3.12. The summed E-state index contributed by atoms with van der Waals surface area (Å²) in [6.07, 6.45) is 3.49. The van der Waals surface area contributed by atoms with Gasteiger partial charge in [-0.25, -0.2) is 0 Å². The number of nitrogens with zero attached hydrogens (tertiary/aromatic N) is 1. The van der Waals surface area contributed by atoms with Crippen molar-refractivity contribution in [1.82, 2.24) is 10.2 Å². The van der Waals surface area contributed by atoms with E-state index in [0.717, 1.165) is 25.9 Å². The molecule has 0 aromatic heterocycles. The van der Waals surface area contributed by atoms with E-state index in [1.54, 1.807) is 0 Å². The first kappa shape index (κ1) is 12.3. The van der Waals surface area contributed by atoms with Crippen LogP contribution >= 0.6 is 11.6 Å². The summed E-state index contributed by atoms with van der Waals surface area (Å²) in [5, 5.41) is 3.75. The van der Waals surface area contributed by atoms with Gasteiger partial charge in [-0.15, -0.1) is 11.6 Å². The van der Waals surface area contributed by atoms with Gasteiger partial charge in [0.15, 0.2) is 0 Å². The molecule has 3 heteroatoms. The van der Waals surface area contributed by atoms with E-state index in [1.807, 2.05) is 0 Å². The van der Waals surface area contributed by atoms with Crippen molar-refractivity contribution in [2.45, 2.75) is 44.5 Å². The summed E-state index contributed by atoms with van der Waals surface area (Å²) in [6.45, 7) is 9.16. The maximum absolute atomic E-state index is 6.12. The lowest BCUT2D eigenvalue weighted by atomic mass is 10.1. The molecule has 0 bridgehead atoms. The molecular formula is C11H23ClN2. The van der Waals surface area contributed by atoms with Gasteiger partial charge in [-0.2, -0.15) is 0 Å². The van der Waals surface area contributed by atoms with Crippen molar-refractivity contribution < 1.29 is 0 Å². The van der Waals surface area contributed by atoms with E-state index in [4.69, 9.17) is 11.6 Å². The van der Waals surface area contributed by atoms with E-state index in [0.29, 0.717) is 11.4 Å². The van der Waals surface area contributed by atoms with Gasteiger partial charge in [0, 0.05) is 37.6 Å². The Labute approximate surface area is 93.0 Å². The molecule has 1 N–H and O–H groups in total. The first-order valence-electron chi connectivity index (χ1n) is 5.83. The van der Waals surface area contributed by atoms with Crippen LogP contribution in [0.2, 0.25) is 0 Å². The minimum Gasteiger partial charge on any atom is -0.314 e. The second-order valence-electron chi connectivity index (χ2n) is 4.22. The molecule has 2 unspecified atom stereocenters. The largest absolute Gasteiger partial charge is 0.314 e. The Morgan fingerprint density at radius 3 is 2.50 bits per heavy atom. The lowest BCUT2D eigenvalue weighted by Crippen LogP contribution is -2.47. The smallest absolute Gasteiger partial charge is 0.0334 e. The van der Waals surface area contributed by atoms with Crippen LogP contribution in [0.1, 0.15) is 33.1 Å². The highest BCUT2D eigenvalue weighted by Crippen LogP contribution is 2.14. The topological polar surface area (TPSA) is 15.3 Å². The molecule has 2 atom stereocenters. The molecule has 0 radical (unpaired) electrons. The zero-order chi connectivity index (χ0) is 10.4. The number of piperazine rings is 1. The number of hydrogen-bond donors (Lipinski definition) is 1. The molecule has 0 aliphatic carbocycles. The fourth-order valence-electron chi connectivity index (χ4n) is 1.93. The number of halogens is 1. The SMILES string of the molecule is CCC(Cl)CCC(C)N1CCNCC1. The molecule has 84 valence electrons. The average Bonchev–Trinajstić information content (AvgIpc) is 2.26. The highest BCUT2D eigenvalue weighted by atomic mass is 35.5. The van der Waals surface area contributed by atoms with E-state index < -0.39 is 0 Å².